The summed E-state index contributed by atoms with van der Waals surface area (Å²) >= 11 is 6.12. The van der Waals surface area contributed by atoms with E-state index in [0.717, 1.165) is 5.82 Å². The zero-order valence-electron chi connectivity index (χ0n) is 16.3. The number of halogens is 2. The van der Waals surface area contributed by atoms with Crippen LogP contribution in [0.25, 0.3) is 22.3 Å². The highest BCUT2D eigenvalue weighted by molar-refractivity contribution is 6.33. The lowest BCUT2D eigenvalue weighted by molar-refractivity contribution is 0.163. The third-order valence-electron chi connectivity index (χ3n) is 4.96. The van der Waals surface area contributed by atoms with Gasteiger partial charge in [-0.3, -0.25) is 0 Å². The molecule has 1 aliphatic rings. The van der Waals surface area contributed by atoms with Crippen molar-refractivity contribution in [2.45, 2.75) is 46.1 Å². The molecule has 28 heavy (non-hydrogen) atoms. The van der Waals surface area contributed by atoms with Gasteiger partial charge in [0.15, 0.2) is 5.82 Å². The number of rotatable bonds is 3. The molecule has 0 radical (unpaired) electrons. The van der Waals surface area contributed by atoms with Crippen LogP contribution in [0.1, 0.15) is 45.0 Å². The van der Waals surface area contributed by atoms with E-state index in [2.05, 4.69) is 15.0 Å². The fourth-order valence-electron chi connectivity index (χ4n) is 3.32. The molecule has 0 spiro atoms. The van der Waals surface area contributed by atoms with Gasteiger partial charge in [-0.05, 0) is 51.7 Å². The molecule has 150 valence electrons. The Kier molecular flexibility index (Phi) is 6.15. The average molecular weight is 406 g/mol. The summed E-state index contributed by atoms with van der Waals surface area (Å²) in [4.78, 5) is 12.2. The molecular weight excluding hydrogens is 381 g/mol. The first-order valence-corrected chi connectivity index (χ1v) is 9.77. The summed E-state index contributed by atoms with van der Waals surface area (Å²) in [7, 11) is 0. The summed E-state index contributed by atoms with van der Waals surface area (Å²) in [5, 5.41) is 8.71. The SMILES string of the molecule is Cc1nc2c(F)cc(-c3nc(N)ncc3Cl)cc2n1C(C)C.OCC1CCC1. The second-order valence-electron chi connectivity index (χ2n) is 7.35. The van der Waals surface area contributed by atoms with E-state index in [1.807, 2.05) is 31.4 Å². The van der Waals surface area contributed by atoms with Crippen LogP contribution in [0.15, 0.2) is 18.3 Å². The van der Waals surface area contributed by atoms with E-state index < -0.39 is 5.82 Å². The topological polar surface area (TPSA) is 89.9 Å². The van der Waals surface area contributed by atoms with Crippen LogP contribution in [0.3, 0.4) is 0 Å². The molecule has 0 unspecified atom stereocenters. The number of anilines is 1. The number of nitrogen functional groups attached to an aromatic ring is 1. The number of fused-ring (bicyclic) bond motifs is 1. The standard InChI is InChI=1S/C15H15ClFN5.C5H10O/c1-7(2)22-8(3)20-14-11(17)4-9(5-12(14)22)13-10(16)6-19-15(18)21-13;6-4-5-2-1-3-5/h4-7H,1-3H3,(H2,18,19,21);5-6H,1-4H2. The Morgan fingerprint density at radius 2 is 2.04 bits per heavy atom. The number of hydrogen-bond acceptors (Lipinski definition) is 5. The lowest BCUT2D eigenvalue weighted by Gasteiger charge is -2.21. The average Bonchev–Trinajstić information content (AvgIpc) is 2.93. The normalized spacial score (nSPS) is 14.1. The molecule has 1 saturated carbocycles. The molecule has 0 amide bonds. The van der Waals surface area contributed by atoms with E-state index in [0.29, 0.717) is 39.8 Å². The van der Waals surface area contributed by atoms with Gasteiger partial charge in [0.2, 0.25) is 5.95 Å². The van der Waals surface area contributed by atoms with Gasteiger partial charge in [-0.15, -0.1) is 0 Å². The van der Waals surface area contributed by atoms with Crippen LogP contribution in [0.5, 0.6) is 0 Å². The maximum absolute atomic E-state index is 14.4. The van der Waals surface area contributed by atoms with Crippen molar-refractivity contribution in [3.05, 3.63) is 35.0 Å². The fraction of sp³-hybridized carbons (Fsp3) is 0.450. The minimum Gasteiger partial charge on any atom is -0.396 e. The predicted molar refractivity (Wildman–Crippen MR) is 110 cm³/mol. The monoisotopic (exact) mass is 405 g/mol. The van der Waals surface area contributed by atoms with E-state index >= 15 is 0 Å². The molecule has 0 saturated heterocycles. The van der Waals surface area contributed by atoms with Crippen LogP contribution in [0, 0.1) is 18.7 Å². The zero-order valence-corrected chi connectivity index (χ0v) is 17.0. The molecule has 4 rings (SSSR count). The van der Waals surface area contributed by atoms with Crippen LogP contribution < -0.4 is 5.73 Å². The lowest BCUT2D eigenvalue weighted by atomic mass is 9.86. The summed E-state index contributed by atoms with van der Waals surface area (Å²) in [6, 6.07) is 3.35. The minimum atomic E-state index is -0.414. The first-order chi connectivity index (χ1) is 13.3. The summed E-state index contributed by atoms with van der Waals surface area (Å²) in [6.07, 6.45) is 5.27. The van der Waals surface area contributed by atoms with E-state index in [4.69, 9.17) is 22.4 Å². The van der Waals surface area contributed by atoms with E-state index in [1.54, 1.807) is 0 Å². The molecule has 8 heteroatoms. The molecule has 1 fully saturated rings. The van der Waals surface area contributed by atoms with Gasteiger partial charge >= 0.3 is 0 Å². The molecule has 3 N–H and O–H groups in total. The highest BCUT2D eigenvalue weighted by Gasteiger charge is 2.17. The lowest BCUT2D eigenvalue weighted by Crippen LogP contribution is -2.14. The Labute approximate surface area is 168 Å². The number of imidazole rings is 1. The highest BCUT2D eigenvalue weighted by atomic mass is 35.5. The zero-order chi connectivity index (χ0) is 20.4. The predicted octanol–water partition coefficient (Wildman–Crippen LogP) is 4.54. The molecular formula is C20H25ClFN5O. The number of aliphatic hydroxyl groups is 1. The van der Waals surface area contributed by atoms with Gasteiger partial charge in [0.1, 0.15) is 11.3 Å². The molecule has 1 aliphatic carbocycles. The number of aliphatic hydroxyl groups excluding tert-OH is 1. The fourth-order valence-corrected chi connectivity index (χ4v) is 3.52. The largest absolute Gasteiger partial charge is 0.396 e. The highest BCUT2D eigenvalue weighted by Crippen LogP contribution is 2.31. The third-order valence-corrected chi connectivity index (χ3v) is 5.24. The number of nitrogens with two attached hydrogens (primary N) is 1. The van der Waals surface area contributed by atoms with E-state index in [1.165, 1.54) is 31.5 Å². The van der Waals surface area contributed by atoms with Gasteiger partial charge < -0.3 is 15.4 Å². The van der Waals surface area contributed by atoms with Gasteiger partial charge in [-0.25, -0.2) is 19.3 Å². The first-order valence-electron chi connectivity index (χ1n) is 9.39. The second kappa shape index (κ2) is 8.41. The van der Waals surface area contributed by atoms with Crippen LogP contribution in [-0.4, -0.2) is 31.2 Å². The molecule has 1 aromatic carbocycles. The second-order valence-corrected chi connectivity index (χ2v) is 7.76. The molecule has 3 aromatic rings. The van der Waals surface area contributed by atoms with Gasteiger partial charge in [-0.1, -0.05) is 18.0 Å². The Morgan fingerprint density at radius 3 is 2.57 bits per heavy atom. The summed E-state index contributed by atoms with van der Waals surface area (Å²) in [6.45, 7) is 6.32. The van der Waals surface area contributed by atoms with Crippen LogP contribution in [-0.2, 0) is 0 Å². The third kappa shape index (κ3) is 4.10. The van der Waals surface area contributed by atoms with Crippen molar-refractivity contribution in [2.75, 3.05) is 12.3 Å². The van der Waals surface area contributed by atoms with Crippen molar-refractivity contribution < 1.29 is 9.50 Å². The van der Waals surface area contributed by atoms with Crippen molar-refractivity contribution in [3.63, 3.8) is 0 Å². The van der Waals surface area contributed by atoms with Gasteiger partial charge in [0.25, 0.3) is 0 Å². The smallest absolute Gasteiger partial charge is 0.220 e. The molecule has 0 aliphatic heterocycles. The van der Waals surface area contributed by atoms with E-state index in [-0.39, 0.29) is 12.0 Å². The first kappa shape index (κ1) is 20.5. The van der Waals surface area contributed by atoms with Gasteiger partial charge in [-0.2, -0.15) is 0 Å². The summed E-state index contributed by atoms with van der Waals surface area (Å²) < 4.78 is 16.4. The van der Waals surface area contributed by atoms with Crippen molar-refractivity contribution in [1.82, 2.24) is 19.5 Å². The molecule has 2 aromatic heterocycles. The number of aryl methyl sites for hydroxylation is 1. The van der Waals surface area contributed by atoms with Crippen LogP contribution in [0.4, 0.5) is 10.3 Å². The maximum Gasteiger partial charge on any atom is 0.220 e. The molecule has 2 heterocycles. The molecule has 6 nitrogen and oxygen atoms in total. The van der Waals surface area contributed by atoms with Gasteiger partial charge in [0, 0.05) is 18.2 Å². The summed E-state index contributed by atoms with van der Waals surface area (Å²) in [5.41, 5.74) is 7.60. The van der Waals surface area contributed by atoms with Crippen molar-refractivity contribution >= 4 is 28.6 Å². The Bertz CT molecular complexity index is 982. The number of aromatic nitrogens is 4. The molecule has 0 bridgehead atoms. The van der Waals surface area contributed by atoms with Crippen LogP contribution >= 0.6 is 11.6 Å². The van der Waals surface area contributed by atoms with Gasteiger partial charge in [0.05, 0.1) is 22.4 Å². The summed E-state index contributed by atoms with van der Waals surface area (Å²) in [5.74, 6) is 1.11. The number of benzene rings is 1. The number of hydrogen-bond donors (Lipinski definition) is 2. The van der Waals surface area contributed by atoms with Crippen molar-refractivity contribution in [3.8, 4) is 11.3 Å². The number of nitrogens with zero attached hydrogens (tertiary/aromatic N) is 4. The quantitative estimate of drug-likeness (QED) is 0.667. The molecule has 0 atom stereocenters. The Hall–Kier alpha value is -2.25. The van der Waals surface area contributed by atoms with Crippen molar-refractivity contribution in [2.24, 2.45) is 5.92 Å². The Morgan fingerprint density at radius 1 is 1.32 bits per heavy atom. The van der Waals surface area contributed by atoms with Crippen LogP contribution in [0.2, 0.25) is 5.02 Å². The maximum atomic E-state index is 14.4. The van der Waals surface area contributed by atoms with Crippen molar-refractivity contribution in [1.29, 1.82) is 0 Å². The van der Waals surface area contributed by atoms with E-state index in [9.17, 15) is 4.39 Å². The Balaban J connectivity index is 0.000000320. The minimum absolute atomic E-state index is 0.0912.